The quantitative estimate of drug-likeness (QED) is 0.521. The second-order valence-electron chi connectivity index (χ2n) is 1.64. The Kier molecular flexibility index (Phi) is 1.12. The molecule has 9 heavy (non-hydrogen) atoms. The second-order valence-corrected chi connectivity index (χ2v) is 1.64. The average molecular weight is 123 g/mol. The number of H-pyrrole nitrogens is 1. The van der Waals surface area contributed by atoms with Gasteiger partial charge in [0, 0.05) is 0 Å². The average Bonchev–Trinajstić information content (AvgIpc) is 2.12. The number of rotatable bonds is 0. The van der Waals surface area contributed by atoms with Crippen LogP contribution in [0.3, 0.4) is 0 Å². The first-order valence-corrected chi connectivity index (χ1v) is 2.39. The lowest BCUT2D eigenvalue weighted by molar-refractivity contribution is 0.450. The van der Waals surface area contributed by atoms with Crippen LogP contribution in [0.1, 0.15) is 11.3 Å². The number of nitriles is 1. The second kappa shape index (κ2) is 1.78. The normalized spacial score (nSPS) is 8.89. The van der Waals surface area contributed by atoms with Gasteiger partial charge in [-0.05, 0) is 6.92 Å². The summed E-state index contributed by atoms with van der Waals surface area (Å²) in [6.45, 7) is 1.65. The highest BCUT2D eigenvalue weighted by Gasteiger charge is 2.05. The number of aryl methyl sites for hydroxylation is 1. The van der Waals surface area contributed by atoms with Crippen LogP contribution in [-0.4, -0.2) is 15.3 Å². The Hall–Kier alpha value is -1.50. The molecule has 0 bridgehead atoms. The van der Waals surface area contributed by atoms with Gasteiger partial charge < -0.3 is 5.11 Å². The van der Waals surface area contributed by atoms with E-state index in [0.29, 0.717) is 5.69 Å². The molecule has 1 heterocycles. The fourth-order valence-electron chi connectivity index (χ4n) is 0.554. The van der Waals surface area contributed by atoms with Crippen LogP contribution < -0.4 is 0 Å². The van der Waals surface area contributed by atoms with Gasteiger partial charge >= 0.3 is 0 Å². The molecular weight excluding hydrogens is 118 g/mol. The predicted octanol–water partition coefficient (Wildman–Crippen LogP) is 0.295. The van der Waals surface area contributed by atoms with Crippen molar-refractivity contribution in [2.45, 2.75) is 6.92 Å². The van der Waals surface area contributed by atoms with Gasteiger partial charge in [0.25, 0.3) is 0 Å². The monoisotopic (exact) mass is 123 g/mol. The van der Waals surface area contributed by atoms with Crippen molar-refractivity contribution < 1.29 is 5.11 Å². The number of aromatic nitrogens is 2. The Morgan fingerprint density at radius 3 is 2.67 bits per heavy atom. The van der Waals surface area contributed by atoms with Crippen molar-refractivity contribution in [1.29, 1.82) is 5.26 Å². The molecule has 0 aliphatic heterocycles. The zero-order valence-electron chi connectivity index (χ0n) is 4.84. The lowest BCUT2D eigenvalue weighted by Gasteiger charge is -1.79. The van der Waals surface area contributed by atoms with E-state index in [1.807, 2.05) is 0 Å². The first-order chi connectivity index (χ1) is 4.25. The molecule has 0 saturated carbocycles. The molecule has 0 atom stereocenters. The van der Waals surface area contributed by atoms with Crippen LogP contribution in [0, 0.1) is 18.3 Å². The third kappa shape index (κ3) is 0.722. The minimum atomic E-state index is -0.157. The zero-order chi connectivity index (χ0) is 6.85. The van der Waals surface area contributed by atoms with Crippen LogP contribution in [0.4, 0.5) is 0 Å². The van der Waals surface area contributed by atoms with E-state index in [9.17, 15) is 0 Å². The summed E-state index contributed by atoms with van der Waals surface area (Å²) < 4.78 is 0. The fraction of sp³-hybridized carbons (Fsp3) is 0.200. The molecular formula is C5H5N3O. The minimum absolute atomic E-state index is 0.157. The maximum Gasteiger partial charge on any atom is 0.225 e. The maximum absolute atomic E-state index is 8.79. The van der Waals surface area contributed by atoms with Crippen molar-refractivity contribution in [1.82, 2.24) is 10.2 Å². The molecule has 0 aromatic carbocycles. The minimum Gasteiger partial charge on any atom is -0.493 e. The summed E-state index contributed by atoms with van der Waals surface area (Å²) in [7, 11) is 0. The molecule has 0 unspecified atom stereocenters. The molecule has 46 valence electrons. The van der Waals surface area contributed by atoms with Gasteiger partial charge in [0.15, 0.2) is 0 Å². The van der Waals surface area contributed by atoms with Crippen LogP contribution in [-0.2, 0) is 0 Å². The van der Waals surface area contributed by atoms with Crippen molar-refractivity contribution in [3.63, 3.8) is 0 Å². The topological polar surface area (TPSA) is 72.7 Å². The lowest BCUT2D eigenvalue weighted by atomic mass is 10.3. The highest BCUT2D eigenvalue weighted by molar-refractivity contribution is 5.39. The molecule has 0 amide bonds. The van der Waals surface area contributed by atoms with Gasteiger partial charge in [-0.3, -0.25) is 0 Å². The molecule has 1 rings (SSSR count). The fourth-order valence-corrected chi connectivity index (χ4v) is 0.554. The van der Waals surface area contributed by atoms with Crippen molar-refractivity contribution >= 4 is 0 Å². The van der Waals surface area contributed by atoms with Gasteiger partial charge in [-0.1, -0.05) is 0 Å². The molecule has 0 spiro atoms. The van der Waals surface area contributed by atoms with E-state index in [2.05, 4.69) is 10.2 Å². The summed E-state index contributed by atoms with van der Waals surface area (Å²) in [6.07, 6.45) is 0. The Labute approximate surface area is 51.7 Å². The smallest absolute Gasteiger partial charge is 0.225 e. The summed E-state index contributed by atoms with van der Waals surface area (Å²) in [4.78, 5) is 0. The standard InChI is InChI=1S/C5H5N3O/c1-3-4(2-6)5(9)8-7-3/h1H3,(H2,7,8,9). The summed E-state index contributed by atoms with van der Waals surface area (Å²) in [5.41, 5.74) is 0.741. The van der Waals surface area contributed by atoms with Crippen molar-refractivity contribution in [2.75, 3.05) is 0 Å². The van der Waals surface area contributed by atoms with Crippen molar-refractivity contribution in [3.8, 4) is 11.9 Å². The number of aromatic hydroxyl groups is 1. The van der Waals surface area contributed by atoms with E-state index in [1.54, 1.807) is 13.0 Å². The molecule has 0 aliphatic rings. The van der Waals surface area contributed by atoms with Gasteiger partial charge in [0.05, 0.1) is 5.69 Å². The van der Waals surface area contributed by atoms with Crippen molar-refractivity contribution in [2.24, 2.45) is 0 Å². The number of aromatic amines is 1. The van der Waals surface area contributed by atoms with E-state index >= 15 is 0 Å². The predicted molar refractivity (Wildman–Crippen MR) is 29.7 cm³/mol. The van der Waals surface area contributed by atoms with Gasteiger partial charge in [-0.2, -0.15) is 10.4 Å². The third-order valence-corrected chi connectivity index (χ3v) is 1.04. The molecule has 0 aliphatic carbocycles. The first-order valence-electron chi connectivity index (χ1n) is 2.39. The Morgan fingerprint density at radius 2 is 2.44 bits per heavy atom. The van der Waals surface area contributed by atoms with E-state index < -0.39 is 0 Å². The van der Waals surface area contributed by atoms with Gasteiger partial charge in [0.2, 0.25) is 5.88 Å². The maximum atomic E-state index is 8.79. The van der Waals surface area contributed by atoms with Gasteiger partial charge in [-0.25, -0.2) is 5.10 Å². The van der Waals surface area contributed by atoms with Crippen LogP contribution in [0.15, 0.2) is 0 Å². The Morgan fingerprint density at radius 1 is 1.78 bits per heavy atom. The molecule has 0 fully saturated rings. The molecule has 0 saturated heterocycles. The number of hydrogen-bond acceptors (Lipinski definition) is 3. The molecule has 1 aromatic rings. The van der Waals surface area contributed by atoms with E-state index in [4.69, 9.17) is 10.4 Å². The van der Waals surface area contributed by atoms with E-state index in [0.717, 1.165) is 0 Å². The third-order valence-electron chi connectivity index (χ3n) is 1.04. The number of nitrogens with zero attached hydrogens (tertiary/aromatic N) is 2. The highest BCUT2D eigenvalue weighted by Crippen LogP contribution is 2.13. The Balaban J connectivity index is 3.27. The van der Waals surface area contributed by atoms with Crippen LogP contribution >= 0.6 is 0 Å². The van der Waals surface area contributed by atoms with Crippen LogP contribution in [0.2, 0.25) is 0 Å². The summed E-state index contributed by atoms with van der Waals surface area (Å²) in [5.74, 6) is -0.157. The van der Waals surface area contributed by atoms with Crippen molar-refractivity contribution in [3.05, 3.63) is 11.3 Å². The summed E-state index contributed by atoms with van der Waals surface area (Å²) in [5, 5.41) is 23.0. The molecule has 0 radical (unpaired) electrons. The van der Waals surface area contributed by atoms with Gasteiger partial charge in [-0.15, -0.1) is 0 Å². The summed E-state index contributed by atoms with van der Waals surface area (Å²) >= 11 is 0. The molecule has 4 heteroatoms. The zero-order valence-corrected chi connectivity index (χ0v) is 4.84. The van der Waals surface area contributed by atoms with Crippen LogP contribution in [0.25, 0.3) is 0 Å². The lowest BCUT2D eigenvalue weighted by Crippen LogP contribution is -1.73. The first kappa shape index (κ1) is 5.63. The van der Waals surface area contributed by atoms with Gasteiger partial charge in [0.1, 0.15) is 11.6 Å². The summed E-state index contributed by atoms with van der Waals surface area (Å²) in [6, 6.07) is 1.80. The molecule has 4 nitrogen and oxygen atoms in total. The number of nitrogens with one attached hydrogen (secondary N) is 1. The van der Waals surface area contributed by atoms with E-state index in [1.165, 1.54) is 0 Å². The molecule has 1 aromatic heterocycles. The largest absolute Gasteiger partial charge is 0.493 e. The molecule has 2 N–H and O–H groups in total. The highest BCUT2D eigenvalue weighted by atomic mass is 16.3. The Bertz CT molecular complexity index is 238. The number of hydrogen-bond donors (Lipinski definition) is 2. The SMILES string of the molecule is Cc1n[nH]c(O)c1C#N. The van der Waals surface area contributed by atoms with Crippen LogP contribution in [0.5, 0.6) is 5.88 Å². The van der Waals surface area contributed by atoms with E-state index in [-0.39, 0.29) is 11.4 Å².